The van der Waals surface area contributed by atoms with Gasteiger partial charge >= 0.3 is 5.97 Å². The molecule has 1 saturated heterocycles. The summed E-state index contributed by atoms with van der Waals surface area (Å²) < 4.78 is 11.6. The SMILES string of the molecule is COC(=O)C(C)C(c1ccc2c(c1)OC(C1CC3CC1CN3)CC2)C1CC1. The average molecular weight is 370 g/mol. The Morgan fingerprint density at radius 2 is 2.11 bits per heavy atom. The second-order valence-corrected chi connectivity index (χ2v) is 9.24. The standard InChI is InChI=1S/C23H31NO3/c1-13(23(25)26-2)22(15-4-5-15)16-6-3-14-7-8-20(27-21(14)10-16)19-11-18-9-17(19)12-24-18/h3,6,10,13,15,17-20,22,24H,4-5,7-9,11-12H2,1-2H3. The van der Waals surface area contributed by atoms with Gasteiger partial charge in [0.15, 0.2) is 0 Å². The molecule has 2 heterocycles. The van der Waals surface area contributed by atoms with Crippen LogP contribution in [0.25, 0.3) is 0 Å². The fraction of sp³-hybridized carbons (Fsp3) is 0.696. The van der Waals surface area contributed by atoms with Crippen LogP contribution in [0.4, 0.5) is 0 Å². The molecular weight excluding hydrogens is 338 g/mol. The maximum Gasteiger partial charge on any atom is 0.309 e. The Hall–Kier alpha value is -1.55. The Kier molecular flexibility index (Phi) is 4.42. The van der Waals surface area contributed by atoms with Gasteiger partial charge in [-0.25, -0.2) is 0 Å². The molecule has 2 bridgehead atoms. The summed E-state index contributed by atoms with van der Waals surface area (Å²) in [6.07, 6.45) is 7.65. The van der Waals surface area contributed by atoms with Crippen molar-refractivity contribution >= 4 is 5.97 Å². The number of benzene rings is 1. The lowest BCUT2D eigenvalue weighted by Gasteiger charge is -2.35. The number of esters is 1. The molecule has 0 spiro atoms. The Morgan fingerprint density at radius 1 is 1.26 bits per heavy atom. The van der Waals surface area contributed by atoms with Gasteiger partial charge in [-0.05, 0) is 80.0 Å². The number of carbonyl (C=O) groups excluding carboxylic acids is 1. The lowest BCUT2D eigenvalue weighted by atomic mass is 9.81. The fourth-order valence-electron chi connectivity index (χ4n) is 6.01. The molecule has 4 nitrogen and oxygen atoms in total. The van der Waals surface area contributed by atoms with Crippen LogP contribution in [-0.4, -0.2) is 31.8 Å². The van der Waals surface area contributed by atoms with Crippen molar-refractivity contribution in [3.05, 3.63) is 29.3 Å². The van der Waals surface area contributed by atoms with E-state index in [2.05, 4.69) is 23.5 Å². The number of nitrogens with one attached hydrogen (secondary N) is 1. The number of hydrogen-bond acceptors (Lipinski definition) is 4. The quantitative estimate of drug-likeness (QED) is 0.805. The Balaban J connectivity index is 1.37. The number of ether oxygens (including phenoxy) is 2. The van der Waals surface area contributed by atoms with Gasteiger partial charge in [0.05, 0.1) is 13.0 Å². The van der Waals surface area contributed by atoms with E-state index < -0.39 is 0 Å². The van der Waals surface area contributed by atoms with Crippen LogP contribution < -0.4 is 10.1 Å². The molecule has 0 radical (unpaired) electrons. The van der Waals surface area contributed by atoms with Gasteiger partial charge in [0.2, 0.25) is 0 Å². The lowest BCUT2D eigenvalue weighted by molar-refractivity contribution is -0.145. The van der Waals surface area contributed by atoms with Gasteiger partial charge in [-0.2, -0.15) is 0 Å². The Morgan fingerprint density at radius 3 is 2.78 bits per heavy atom. The van der Waals surface area contributed by atoms with Gasteiger partial charge in [0, 0.05) is 12.0 Å². The average Bonchev–Trinajstić information content (AvgIpc) is 3.29. The molecular formula is C23H31NO3. The van der Waals surface area contributed by atoms with Crippen molar-refractivity contribution < 1.29 is 14.3 Å². The first kappa shape index (κ1) is 17.5. The highest BCUT2D eigenvalue weighted by Gasteiger charge is 2.45. The van der Waals surface area contributed by atoms with Crippen molar-refractivity contribution in [1.29, 1.82) is 0 Å². The van der Waals surface area contributed by atoms with Crippen LogP contribution in [0.5, 0.6) is 5.75 Å². The minimum absolute atomic E-state index is 0.0992. The highest BCUT2D eigenvalue weighted by Crippen LogP contribution is 2.49. The van der Waals surface area contributed by atoms with Crippen LogP contribution in [0, 0.1) is 23.7 Å². The third-order valence-electron chi connectivity index (χ3n) is 7.59. The molecule has 1 aromatic carbocycles. The molecule has 2 saturated carbocycles. The van der Waals surface area contributed by atoms with E-state index in [1.54, 1.807) is 0 Å². The summed E-state index contributed by atoms with van der Waals surface area (Å²) in [6, 6.07) is 7.43. The zero-order chi connectivity index (χ0) is 18.5. The monoisotopic (exact) mass is 369 g/mol. The van der Waals surface area contributed by atoms with Gasteiger partial charge in [0.1, 0.15) is 11.9 Å². The number of methoxy groups -OCH3 is 1. The van der Waals surface area contributed by atoms with Crippen molar-refractivity contribution in [2.24, 2.45) is 23.7 Å². The Bertz CT molecular complexity index is 728. The molecule has 6 atom stereocenters. The van der Waals surface area contributed by atoms with E-state index >= 15 is 0 Å². The van der Waals surface area contributed by atoms with Crippen molar-refractivity contribution in [3.8, 4) is 5.75 Å². The Labute approximate surface area is 162 Å². The summed E-state index contributed by atoms with van der Waals surface area (Å²) in [5, 5.41) is 3.62. The molecule has 6 unspecified atom stereocenters. The summed E-state index contributed by atoms with van der Waals surface area (Å²) in [7, 11) is 1.49. The van der Waals surface area contributed by atoms with E-state index in [0.29, 0.717) is 17.9 Å². The first-order valence-electron chi connectivity index (χ1n) is 10.7. The number of fused-ring (bicyclic) bond motifs is 3. The molecule has 2 aliphatic heterocycles. The first-order valence-corrected chi connectivity index (χ1v) is 10.7. The third kappa shape index (κ3) is 3.16. The zero-order valence-electron chi connectivity index (χ0n) is 16.4. The van der Waals surface area contributed by atoms with Crippen molar-refractivity contribution in [3.63, 3.8) is 0 Å². The second kappa shape index (κ2) is 6.80. The van der Waals surface area contributed by atoms with Crippen LogP contribution in [0.3, 0.4) is 0 Å². The number of carbonyl (C=O) groups is 1. The summed E-state index contributed by atoms with van der Waals surface area (Å²) in [4.78, 5) is 12.2. The smallest absolute Gasteiger partial charge is 0.309 e. The lowest BCUT2D eigenvalue weighted by Crippen LogP contribution is -2.39. The van der Waals surface area contributed by atoms with E-state index in [0.717, 1.165) is 30.6 Å². The van der Waals surface area contributed by atoms with Crippen LogP contribution >= 0.6 is 0 Å². The zero-order valence-corrected chi connectivity index (χ0v) is 16.4. The number of aryl methyl sites for hydroxylation is 1. The molecule has 3 fully saturated rings. The van der Waals surface area contributed by atoms with Crippen LogP contribution in [0.15, 0.2) is 18.2 Å². The van der Waals surface area contributed by atoms with E-state index in [4.69, 9.17) is 9.47 Å². The number of piperidine rings is 1. The van der Waals surface area contributed by atoms with E-state index in [9.17, 15) is 4.79 Å². The van der Waals surface area contributed by atoms with Crippen molar-refractivity contribution in [2.45, 2.75) is 63.5 Å². The van der Waals surface area contributed by atoms with Gasteiger partial charge < -0.3 is 14.8 Å². The maximum absolute atomic E-state index is 12.2. The van der Waals surface area contributed by atoms with E-state index in [1.807, 2.05) is 6.92 Å². The molecule has 0 amide bonds. The maximum atomic E-state index is 12.2. The molecule has 2 aliphatic carbocycles. The molecule has 0 aromatic heterocycles. The minimum atomic E-state index is -0.100. The van der Waals surface area contributed by atoms with Crippen molar-refractivity contribution in [2.75, 3.05) is 13.7 Å². The summed E-state index contributed by atoms with van der Waals surface area (Å²) in [5.74, 6) is 3.23. The predicted octanol–water partition coefficient (Wildman–Crippen LogP) is 3.68. The van der Waals surface area contributed by atoms with E-state index in [-0.39, 0.29) is 17.8 Å². The first-order chi connectivity index (χ1) is 13.1. The molecule has 27 heavy (non-hydrogen) atoms. The van der Waals surface area contributed by atoms with Crippen LogP contribution in [0.1, 0.15) is 56.1 Å². The van der Waals surface area contributed by atoms with Crippen molar-refractivity contribution in [1.82, 2.24) is 5.32 Å². The van der Waals surface area contributed by atoms with Gasteiger partial charge in [-0.1, -0.05) is 19.1 Å². The van der Waals surface area contributed by atoms with E-state index in [1.165, 1.54) is 50.5 Å². The predicted molar refractivity (Wildman–Crippen MR) is 104 cm³/mol. The topological polar surface area (TPSA) is 47.6 Å². The van der Waals surface area contributed by atoms with Crippen LogP contribution in [-0.2, 0) is 16.0 Å². The second-order valence-electron chi connectivity index (χ2n) is 9.24. The fourth-order valence-corrected chi connectivity index (χ4v) is 6.01. The van der Waals surface area contributed by atoms with Gasteiger partial charge in [-0.15, -0.1) is 0 Å². The number of hydrogen-bond donors (Lipinski definition) is 1. The summed E-state index contributed by atoms with van der Waals surface area (Å²) in [6.45, 7) is 3.18. The largest absolute Gasteiger partial charge is 0.490 e. The van der Waals surface area contributed by atoms with Gasteiger partial charge in [-0.3, -0.25) is 4.79 Å². The summed E-state index contributed by atoms with van der Waals surface area (Å²) in [5.41, 5.74) is 2.58. The highest BCUT2D eigenvalue weighted by molar-refractivity contribution is 5.73. The molecule has 1 aromatic rings. The molecule has 146 valence electrons. The molecule has 5 rings (SSSR count). The minimum Gasteiger partial charge on any atom is -0.490 e. The highest BCUT2D eigenvalue weighted by atomic mass is 16.5. The third-order valence-corrected chi connectivity index (χ3v) is 7.59. The molecule has 4 heteroatoms. The normalized spacial score (nSPS) is 33.9. The molecule has 1 N–H and O–H groups in total. The molecule has 4 aliphatic rings. The van der Waals surface area contributed by atoms with Crippen LogP contribution in [0.2, 0.25) is 0 Å². The van der Waals surface area contributed by atoms with Gasteiger partial charge in [0.25, 0.3) is 0 Å². The number of rotatable bonds is 5. The summed E-state index contributed by atoms with van der Waals surface area (Å²) >= 11 is 0.